The lowest BCUT2D eigenvalue weighted by Crippen LogP contribution is -2.48. The van der Waals surface area contributed by atoms with Crippen LogP contribution in [0, 0.1) is 5.92 Å². The first-order valence-corrected chi connectivity index (χ1v) is 9.47. The molecule has 28 heavy (non-hydrogen) atoms. The van der Waals surface area contributed by atoms with Crippen LogP contribution in [-0.2, 0) is 20.7 Å². The molecule has 0 saturated heterocycles. The van der Waals surface area contributed by atoms with E-state index in [1.165, 1.54) is 17.7 Å². The number of carbonyl (C=O) groups excluding carboxylic acids is 2. The third kappa shape index (κ3) is 4.84. The minimum absolute atomic E-state index is 0.0725. The van der Waals surface area contributed by atoms with Crippen molar-refractivity contribution >= 4 is 17.8 Å². The maximum Gasteiger partial charge on any atom is 0.180 e. The Bertz CT molecular complexity index is 827. The summed E-state index contributed by atoms with van der Waals surface area (Å²) in [6.07, 6.45) is 9.02. The van der Waals surface area contributed by atoms with Gasteiger partial charge in [-0.15, -0.1) is 0 Å². The molecule has 1 atom stereocenters. The Balaban J connectivity index is 1.71. The van der Waals surface area contributed by atoms with Crippen LogP contribution in [0.2, 0.25) is 0 Å². The maximum atomic E-state index is 11.7. The maximum absolute atomic E-state index is 11.7. The highest BCUT2D eigenvalue weighted by Gasteiger charge is 2.33. The topological polar surface area (TPSA) is 46.6 Å². The standard InChI is InChI=1S/C24H25NO3/c1-25(22-10-6-3-7-11-22)24(16-14-23(27)15-17-24)28-19-21(18-26)13-12-20-8-4-2-5-9-20/h2-11,14-18,21H,12-13,19H2,1H3. The fourth-order valence-electron chi connectivity index (χ4n) is 3.21. The number of aryl methyl sites for hydroxylation is 1. The van der Waals surface area contributed by atoms with Crippen LogP contribution < -0.4 is 4.90 Å². The first-order chi connectivity index (χ1) is 13.6. The number of nitrogens with zero attached hydrogens (tertiary/aromatic N) is 1. The molecule has 2 aromatic rings. The molecule has 0 aromatic heterocycles. The van der Waals surface area contributed by atoms with Gasteiger partial charge in [0.1, 0.15) is 6.29 Å². The minimum atomic E-state index is -0.900. The van der Waals surface area contributed by atoms with E-state index >= 15 is 0 Å². The molecule has 0 spiro atoms. The Morgan fingerprint density at radius 2 is 1.61 bits per heavy atom. The zero-order valence-corrected chi connectivity index (χ0v) is 16.0. The number of hydrogen-bond acceptors (Lipinski definition) is 4. The number of aldehydes is 1. The molecule has 4 nitrogen and oxygen atoms in total. The van der Waals surface area contributed by atoms with Crippen molar-refractivity contribution < 1.29 is 14.3 Å². The highest BCUT2D eigenvalue weighted by atomic mass is 16.5. The van der Waals surface area contributed by atoms with E-state index in [2.05, 4.69) is 12.1 Å². The molecule has 1 unspecified atom stereocenters. The fourth-order valence-corrected chi connectivity index (χ4v) is 3.21. The number of benzene rings is 2. The molecule has 1 aliphatic carbocycles. The Morgan fingerprint density at radius 3 is 2.21 bits per heavy atom. The first kappa shape index (κ1) is 19.8. The summed E-state index contributed by atoms with van der Waals surface area (Å²) in [5, 5.41) is 0. The third-order valence-corrected chi connectivity index (χ3v) is 5.01. The number of rotatable bonds is 9. The van der Waals surface area contributed by atoms with Gasteiger partial charge < -0.3 is 14.4 Å². The lowest BCUT2D eigenvalue weighted by atomic mass is 10.00. The normalized spacial score (nSPS) is 16.0. The molecule has 0 aliphatic heterocycles. The second kappa shape index (κ2) is 9.29. The van der Waals surface area contributed by atoms with Gasteiger partial charge in [0.05, 0.1) is 6.61 Å². The number of anilines is 1. The van der Waals surface area contributed by atoms with Crippen LogP contribution in [0.15, 0.2) is 85.0 Å². The van der Waals surface area contributed by atoms with Gasteiger partial charge in [-0.2, -0.15) is 0 Å². The molecule has 3 rings (SSSR count). The monoisotopic (exact) mass is 375 g/mol. The predicted molar refractivity (Wildman–Crippen MR) is 111 cm³/mol. The van der Waals surface area contributed by atoms with Crippen LogP contribution in [0.4, 0.5) is 5.69 Å². The molecule has 4 heteroatoms. The summed E-state index contributed by atoms with van der Waals surface area (Å²) in [6, 6.07) is 19.9. The molecule has 0 amide bonds. The number of likely N-dealkylation sites (N-methyl/N-ethyl adjacent to an activating group) is 1. The Morgan fingerprint density at radius 1 is 1.00 bits per heavy atom. The molecule has 1 aliphatic rings. The van der Waals surface area contributed by atoms with E-state index in [4.69, 9.17) is 4.74 Å². The highest BCUT2D eigenvalue weighted by Crippen LogP contribution is 2.29. The van der Waals surface area contributed by atoms with Gasteiger partial charge in [0.15, 0.2) is 11.5 Å². The summed E-state index contributed by atoms with van der Waals surface area (Å²) in [7, 11) is 1.92. The molecular formula is C24H25NO3. The summed E-state index contributed by atoms with van der Waals surface area (Å²) in [5.41, 5.74) is 1.26. The van der Waals surface area contributed by atoms with Crippen molar-refractivity contribution in [3.63, 3.8) is 0 Å². The molecule has 144 valence electrons. The SMILES string of the molecule is CN(c1ccccc1)C1(OCC(C=O)CCc2ccccc2)C=CC(=O)C=C1. The average molecular weight is 375 g/mol. The Labute approximate surface area is 166 Å². The Kier molecular flexibility index (Phi) is 6.56. The van der Waals surface area contributed by atoms with Crippen molar-refractivity contribution in [2.24, 2.45) is 5.92 Å². The van der Waals surface area contributed by atoms with E-state index in [1.54, 1.807) is 12.2 Å². The van der Waals surface area contributed by atoms with Crippen LogP contribution in [0.1, 0.15) is 12.0 Å². The van der Waals surface area contributed by atoms with E-state index in [9.17, 15) is 9.59 Å². The van der Waals surface area contributed by atoms with E-state index in [0.717, 1.165) is 18.4 Å². The predicted octanol–water partition coefficient (Wildman–Crippen LogP) is 3.98. The lowest BCUT2D eigenvalue weighted by Gasteiger charge is -2.40. The van der Waals surface area contributed by atoms with Gasteiger partial charge in [-0.05, 0) is 54.8 Å². The van der Waals surface area contributed by atoms with Crippen LogP contribution in [0.25, 0.3) is 0 Å². The summed E-state index contributed by atoms with van der Waals surface area (Å²) in [5.74, 6) is -0.294. The first-order valence-electron chi connectivity index (χ1n) is 9.47. The second-order valence-electron chi connectivity index (χ2n) is 6.95. The van der Waals surface area contributed by atoms with Gasteiger partial charge in [0, 0.05) is 18.7 Å². The molecule has 0 heterocycles. The van der Waals surface area contributed by atoms with Gasteiger partial charge in [-0.1, -0.05) is 48.5 Å². The number of carbonyl (C=O) groups is 2. The summed E-state index contributed by atoms with van der Waals surface area (Å²) < 4.78 is 6.25. The van der Waals surface area contributed by atoms with Crippen molar-refractivity contribution in [2.75, 3.05) is 18.6 Å². The molecule has 0 radical (unpaired) electrons. The quantitative estimate of drug-likeness (QED) is 0.491. The zero-order valence-electron chi connectivity index (χ0n) is 16.0. The van der Waals surface area contributed by atoms with Gasteiger partial charge in [-0.3, -0.25) is 4.79 Å². The van der Waals surface area contributed by atoms with E-state index < -0.39 is 5.72 Å². The molecular weight excluding hydrogens is 350 g/mol. The smallest absolute Gasteiger partial charge is 0.180 e. The van der Waals surface area contributed by atoms with E-state index in [0.29, 0.717) is 6.42 Å². The summed E-state index contributed by atoms with van der Waals surface area (Å²) in [6.45, 7) is 0.274. The van der Waals surface area contributed by atoms with E-state index in [1.807, 2.05) is 60.5 Å². The number of hydrogen-bond donors (Lipinski definition) is 0. The van der Waals surface area contributed by atoms with Crippen LogP contribution in [-0.4, -0.2) is 31.4 Å². The largest absolute Gasteiger partial charge is 0.348 e. The number of para-hydroxylation sites is 1. The second-order valence-corrected chi connectivity index (χ2v) is 6.95. The summed E-state index contributed by atoms with van der Waals surface area (Å²) >= 11 is 0. The molecule has 0 bridgehead atoms. The molecule has 0 N–H and O–H groups in total. The van der Waals surface area contributed by atoms with Gasteiger partial charge in [0.2, 0.25) is 0 Å². The summed E-state index contributed by atoms with van der Waals surface area (Å²) in [4.78, 5) is 25.2. The zero-order chi connectivity index (χ0) is 19.8. The van der Waals surface area contributed by atoms with Crippen molar-refractivity contribution in [2.45, 2.75) is 18.6 Å². The van der Waals surface area contributed by atoms with E-state index in [-0.39, 0.29) is 18.3 Å². The average Bonchev–Trinajstić information content (AvgIpc) is 2.76. The van der Waals surface area contributed by atoms with Crippen molar-refractivity contribution in [3.05, 3.63) is 90.5 Å². The molecule has 2 aromatic carbocycles. The van der Waals surface area contributed by atoms with Crippen LogP contribution in [0.5, 0.6) is 0 Å². The van der Waals surface area contributed by atoms with Crippen molar-refractivity contribution in [3.8, 4) is 0 Å². The van der Waals surface area contributed by atoms with Crippen molar-refractivity contribution in [1.82, 2.24) is 0 Å². The molecule has 0 fully saturated rings. The highest BCUT2D eigenvalue weighted by molar-refractivity contribution is 6.00. The fraction of sp³-hybridized carbons (Fsp3) is 0.250. The number of ketones is 1. The number of ether oxygens (including phenoxy) is 1. The third-order valence-electron chi connectivity index (χ3n) is 5.01. The van der Waals surface area contributed by atoms with Gasteiger partial charge in [-0.25, -0.2) is 0 Å². The van der Waals surface area contributed by atoms with Gasteiger partial charge in [0.25, 0.3) is 0 Å². The molecule has 0 saturated carbocycles. The van der Waals surface area contributed by atoms with Crippen molar-refractivity contribution in [1.29, 1.82) is 0 Å². The lowest BCUT2D eigenvalue weighted by molar-refractivity contribution is -0.115. The minimum Gasteiger partial charge on any atom is -0.348 e. The number of allylic oxidation sites excluding steroid dienone is 2. The Hall–Kier alpha value is -2.98. The van der Waals surface area contributed by atoms with Crippen LogP contribution >= 0.6 is 0 Å². The van der Waals surface area contributed by atoms with Crippen LogP contribution in [0.3, 0.4) is 0 Å². The van der Waals surface area contributed by atoms with Gasteiger partial charge >= 0.3 is 0 Å².